The van der Waals surface area contributed by atoms with Gasteiger partial charge in [-0.05, 0) is 30.0 Å². The standard InChI is InChI=1S/C15H17FN2O/c1-10(2)6-15(19)18-9-13(8-17-18)12-5-4-11(3)14(16)7-12/h4-5,7-10H,6H2,1-3H3. The minimum absolute atomic E-state index is 0.0474. The lowest BCUT2D eigenvalue weighted by atomic mass is 10.1. The van der Waals surface area contributed by atoms with E-state index >= 15 is 0 Å². The molecule has 19 heavy (non-hydrogen) atoms. The fraction of sp³-hybridized carbons (Fsp3) is 0.333. The summed E-state index contributed by atoms with van der Waals surface area (Å²) in [7, 11) is 0. The number of carbonyl (C=O) groups is 1. The molecule has 0 aliphatic rings. The highest BCUT2D eigenvalue weighted by molar-refractivity contribution is 5.79. The van der Waals surface area contributed by atoms with E-state index in [1.165, 1.54) is 10.7 Å². The summed E-state index contributed by atoms with van der Waals surface area (Å²) in [5, 5.41) is 4.04. The Hall–Kier alpha value is -1.97. The van der Waals surface area contributed by atoms with E-state index in [1.807, 2.05) is 19.9 Å². The van der Waals surface area contributed by atoms with Gasteiger partial charge in [0.25, 0.3) is 0 Å². The first-order chi connectivity index (χ1) is 8.97. The first-order valence-corrected chi connectivity index (χ1v) is 6.31. The summed E-state index contributed by atoms with van der Waals surface area (Å²) < 4.78 is 14.8. The van der Waals surface area contributed by atoms with Gasteiger partial charge in [-0.15, -0.1) is 0 Å². The molecule has 0 aliphatic heterocycles. The maximum atomic E-state index is 13.5. The number of benzene rings is 1. The minimum Gasteiger partial charge on any atom is -0.273 e. The van der Waals surface area contributed by atoms with Crippen molar-refractivity contribution in [3.8, 4) is 11.1 Å². The van der Waals surface area contributed by atoms with Gasteiger partial charge in [-0.1, -0.05) is 26.0 Å². The van der Waals surface area contributed by atoms with Crippen LogP contribution < -0.4 is 0 Å². The van der Waals surface area contributed by atoms with Gasteiger partial charge < -0.3 is 0 Å². The number of nitrogens with zero attached hydrogens (tertiary/aromatic N) is 2. The zero-order valence-electron chi connectivity index (χ0n) is 11.4. The van der Waals surface area contributed by atoms with Gasteiger partial charge in [0.15, 0.2) is 0 Å². The van der Waals surface area contributed by atoms with Gasteiger partial charge in [-0.25, -0.2) is 9.07 Å². The molecular formula is C15H17FN2O. The van der Waals surface area contributed by atoms with Crippen LogP contribution in [-0.2, 0) is 0 Å². The summed E-state index contributed by atoms with van der Waals surface area (Å²) in [6, 6.07) is 5.01. The number of aryl methyl sites for hydroxylation is 1. The smallest absolute Gasteiger partial charge is 0.247 e. The minimum atomic E-state index is -0.251. The SMILES string of the molecule is Cc1ccc(-c2cnn(C(=O)CC(C)C)c2)cc1F. The van der Waals surface area contributed by atoms with E-state index in [4.69, 9.17) is 0 Å². The van der Waals surface area contributed by atoms with Crippen molar-refractivity contribution in [3.63, 3.8) is 0 Å². The third-order valence-electron chi connectivity index (χ3n) is 2.93. The summed E-state index contributed by atoms with van der Waals surface area (Å²) in [6.45, 7) is 5.68. The van der Waals surface area contributed by atoms with Crippen LogP contribution >= 0.6 is 0 Å². The van der Waals surface area contributed by atoms with Crippen LogP contribution in [0.5, 0.6) is 0 Å². The monoisotopic (exact) mass is 260 g/mol. The summed E-state index contributed by atoms with van der Waals surface area (Å²) in [5.41, 5.74) is 2.08. The van der Waals surface area contributed by atoms with Crippen molar-refractivity contribution in [2.45, 2.75) is 27.2 Å². The number of carbonyl (C=O) groups excluding carboxylic acids is 1. The molecular weight excluding hydrogens is 243 g/mol. The molecule has 1 aromatic carbocycles. The summed E-state index contributed by atoms with van der Waals surface area (Å²) in [4.78, 5) is 11.8. The van der Waals surface area contributed by atoms with E-state index in [0.717, 1.165) is 11.1 Å². The van der Waals surface area contributed by atoms with E-state index in [0.29, 0.717) is 12.0 Å². The predicted molar refractivity (Wildman–Crippen MR) is 72.4 cm³/mol. The zero-order chi connectivity index (χ0) is 14.0. The number of hydrogen-bond donors (Lipinski definition) is 0. The predicted octanol–water partition coefficient (Wildman–Crippen LogP) is 3.68. The van der Waals surface area contributed by atoms with E-state index < -0.39 is 0 Å². The topological polar surface area (TPSA) is 34.9 Å². The van der Waals surface area contributed by atoms with Crippen LogP contribution in [0.3, 0.4) is 0 Å². The molecule has 0 radical (unpaired) electrons. The van der Waals surface area contributed by atoms with Crippen molar-refractivity contribution in [2.75, 3.05) is 0 Å². The fourth-order valence-electron chi connectivity index (χ4n) is 1.82. The Morgan fingerprint density at radius 1 is 1.37 bits per heavy atom. The number of hydrogen-bond acceptors (Lipinski definition) is 2. The molecule has 4 heteroatoms. The third-order valence-corrected chi connectivity index (χ3v) is 2.93. The van der Waals surface area contributed by atoms with Crippen LogP contribution in [0.1, 0.15) is 30.6 Å². The molecule has 1 heterocycles. The highest BCUT2D eigenvalue weighted by atomic mass is 19.1. The Balaban J connectivity index is 2.25. The molecule has 1 aromatic heterocycles. The molecule has 0 N–H and O–H groups in total. The second kappa shape index (κ2) is 5.34. The molecule has 0 amide bonds. The molecule has 0 fully saturated rings. The lowest BCUT2D eigenvalue weighted by molar-refractivity contribution is 0.0870. The molecule has 2 aromatic rings. The maximum Gasteiger partial charge on any atom is 0.247 e. The molecule has 100 valence electrons. The van der Waals surface area contributed by atoms with Crippen molar-refractivity contribution < 1.29 is 9.18 Å². The van der Waals surface area contributed by atoms with Gasteiger partial charge in [0.05, 0.1) is 6.20 Å². The lowest BCUT2D eigenvalue weighted by Crippen LogP contribution is -2.13. The van der Waals surface area contributed by atoms with E-state index in [9.17, 15) is 9.18 Å². The number of halogens is 1. The normalized spacial score (nSPS) is 11.0. The summed E-state index contributed by atoms with van der Waals surface area (Å²) >= 11 is 0. The maximum absolute atomic E-state index is 13.5. The van der Waals surface area contributed by atoms with Gasteiger partial charge >= 0.3 is 0 Å². The average molecular weight is 260 g/mol. The van der Waals surface area contributed by atoms with E-state index in [2.05, 4.69) is 5.10 Å². The number of rotatable bonds is 3. The van der Waals surface area contributed by atoms with Gasteiger partial charge in [0, 0.05) is 18.2 Å². The van der Waals surface area contributed by atoms with Crippen molar-refractivity contribution in [3.05, 3.63) is 42.0 Å². The Morgan fingerprint density at radius 3 is 2.74 bits per heavy atom. The van der Waals surface area contributed by atoms with Crippen molar-refractivity contribution in [1.29, 1.82) is 0 Å². The van der Waals surface area contributed by atoms with Crippen LogP contribution in [0, 0.1) is 18.7 Å². The third kappa shape index (κ3) is 3.08. The first kappa shape index (κ1) is 13.5. The summed E-state index contributed by atoms with van der Waals surface area (Å²) in [6.07, 6.45) is 3.68. The van der Waals surface area contributed by atoms with Crippen molar-refractivity contribution in [2.24, 2.45) is 5.92 Å². The zero-order valence-corrected chi connectivity index (χ0v) is 11.4. The Bertz CT molecular complexity index is 602. The Kier molecular flexibility index (Phi) is 3.79. The average Bonchev–Trinajstić information content (AvgIpc) is 2.81. The molecule has 0 bridgehead atoms. The van der Waals surface area contributed by atoms with Crippen LogP contribution in [0.2, 0.25) is 0 Å². The van der Waals surface area contributed by atoms with E-state index in [-0.39, 0.29) is 17.6 Å². The van der Waals surface area contributed by atoms with Gasteiger partial charge in [-0.2, -0.15) is 5.10 Å². The van der Waals surface area contributed by atoms with Crippen LogP contribution in [-0.4, -0.2) is 15.7 Å². The van der Waals surface area contributed by atoms with Gasteiger partial charge in [0.1, 0.15) is 5.82 Å². The largest absolute Gasteiger partial charge is 0.273 e. The van der Waals surface area contributed by atoms with Crippen molar-refractivity contribution in [1.82, 2.24) is 9.78 Å². The molecule has 0 unspecified atom stereocenters. The second-order valence-electron chi connectivity index (χ2n) is 5.13. The fourth-order valence-corrected chi connectivity index (χ4v) is 1.82. The Labute approximate surface area is 112 Å². The van der Waals surface area contributed by atoms with Crippen LogP contribution in [0.15, 0.2) is 30.6 Å². The van der Waals surface area contributed by atoms with Crippen LogP contribution in [0.25, 0.3) is 11.1 Å². The molecule has 0 atom stereocenters. The van der Waals surface area contributed by atoms with Gasteiger partial charge in [0.2, 0.25) is 5.91 Å². The molecule has 0 saturated heterocycles. The Morgan fingerprint density at radius 2 is 2.11 bits per heavy atom. The highest BCUT2D eigenvalue weighted by Gasteiger charge is 2.11. The summed E-state index contributed by atoms with van der Waals surface area (Å²) in [5.74, 6) is -0.00967. The van der Waals surface area contributed by atoms with E-state index in [1.54, 1.807) is 25.4 Å². The quantitative estimate of drug-likeness (QED) is 0.843. The van der Waals surface area contributed by atoms with Crippen molar-refractivity contribution >= 4 is 5.91 Å². The molecule has 3 nitrogen and oxygen atoms in total. The molecule has 0 saturated carbocycles. The molecule has 2 rings (SSSR count). The second-order valence-corrected chi connectivity index (χ2v) is 5.13. The number of aromatic nitrogens is 2. The molecule has 0 aliphatic carbocycles. The van der Waals surface area contributed by atoms with Gasteiger partial charge in [-0.3, -0.25) is 4.79 Å². The lowest BCUT2D eigenvalue weighted by Gasteiger charge is -2.03. The highest BCUT2D eigenvalue weighted by Crippen LogP contribution is 2.21. The van der Waals surface area contributed by atoms with Crippen LogP contribution in [0.4, 0.5) is 4.39 Å². The first-order valence-electron chi connectivity index (χ1n) is 6.31. The molecule has 0 spiro atoms.